The van der Waals surface area contributed by atoms with Crippen molar-refractivity contribution in [2.75, 3.05) is 13.7 Å². The molecule has 0 aromatic carbocycles. The Morgan fingerprint density at radius 3 is 2.81 bits per heavy atom. The van der Waals surface area contributed by atoms with Gasteiger partial charge in [0.15, 0.2) is 0 Å². The van der Waals surface area contributed by atoms with Crippen LogP contribution < -0.4 is 4.74 Å². The number of ether oxygens (including phenoxy) is 1. The topological polar surface area (TPSA) is 75.6 Å². The predicted octanol–water partition coefficient (Wildman–Crippen LogP) is 0.519. The van der Waals surface area contributed by atoms with E-state index in [-0.39, 0.29) is 5.82 Å². The molecule has 2 heterocycles. The van der Waals surface area contributed by atoms with E-state index in [1.54, 1.807) is 0 Å². The second-order valence-electron chi connectivity index (χ2n) is 3.59. The molecule has 0 bridgehead atoms. The van der Waals surface area contributed by atoms with Crippen LogP contribution in [0.5, 0.6) is 5.88 Å². The van der Waals surface area contributed by atoms with E-state index in [0.717, 1.165) is 24.3 Å². The molecular weight excluding hydrogens is 210 g/mol. The summed E-state index contributed by atoms with van der Waals surface area (Å²) in [7, 11) is 1.49. The summed E-state index contributed by atoms with van der Waals surface area (Å²) in [5.41, 5.74) is 1.65. The molecule has 0 unspecified atom stereocenters. The predicted molar refractivity (Wildman–Crippen MR) is 55.3 cm³/mol. The third kappa shape index (κ3) is 1.71. The lowest BCUT2D eigenvalue weighted by Gasteiger charge is -2.09. The number of methoxy groups -OCH3 is 1. The first-order chi connectivity index (χ1) is 7.65. The van der Waals surface area contributed by atoms with E-state index < -0.39 is 5.97 Å². The molecule has 6 nitrogen and oxygen atoms in total. The number of carboxylic acids is 1. The summed E-state index contributed by atoms with van der Waals surface area (Å²) in [4.78, 5) is 20.9. The number of rotatable bonds is 3. The van der Waals surface area contributed by atoms with Gasteiger partial charge in [-0.1, -0.05) is 6.92 Å². The summed E-state index contributed by atoms with van der Waals surface area (Å²) in [6, 6.07) is 0. The van der Waals surface area contributed by atoms with Crippen molar-refractivity contribution in [1.82, 2.24) is 14.9 Å². The van der Waals surface area contributed by atoms with Crippen LogP contribution >= 0.6 is 0 Å². The fraction of sp³-hybridized carbons (Fsp3) is 0.500. The molecule has 0 atom stereocenters. The van der Waals surface area contributed by atoms with E-state index >= 15 is 0 Å². The van der Waals surface area contributed by atoms with Crippen molar-refractivity contribution in [2.24, 2.45) is 0 Å². The van der Waals surface area contributed by atoms with Crippen LogP contribution in [-0.2, 0) is 13.1 Å². The average molecular weight is 223 g/mol. The molecule has 0 fully saturated rings. The van der Waals surface area contributed by atoms with Gasteiger partial charge in [0.2, 0.25) is 11.7 Å². The molecule has 0 amide bonds. The van der Waals surface area contributed by atoms with Gasteiger partial charge in [-0.2, -0.15) is 4.98 Å². The standard InChI is InChI=1S/C10H13N3O3/c1-3-13-4-6-7(5-13)11-8(10(14)15)12-9(6)16-2/h3-5H2,1-2H3,(H,14,15). The Kier molecular flexibility index (Phi) is 2.74. The molecule has 0 saturated heterocycles. The van der Waals surface area contributed by atoms with E-state index in [9.17, 15) is 4.79 Å². The molecule has 16 heavy (non-hydrogen) atoms. The molecule has 6 heteroatoms. The molecule has 0 spiro atoms. The van der Waals surface area contributed by atoms with Crippen molar-refractivity contribution >= 4 is 5.97 Å². The molecule has 0 radical (unpaired) electrons. The first-order valence-corrected chi connectivity index (χ1v) is 5.05. The number of nitrogens with zero attached hydrogens (tertiary/aromatic N) is 3. The lowest BCUT2D eigenvalue weighted by molar-refractivity contribution is 0.0682. The minimum atomic E-state index is -1.13. The monoisotopic (exact) mass is 223 g/mol. The quantitative estimate of drug-likeness (QED) is 0.805. The SMILES string of the molecule is CCN1Cc2nc(C(=O)O)nc(OC)c2C1. The van der Waals surface area contributed by atoms with Crippen LogP contribution in [0.15, 0.2) is 0 Å². The first kappa shape index (κ1) is 10.8. The highest BCUT2D eigenvalue weighted by molar-refractivity contribution is 5.83. The number of aromatic carboxylic acids is 1. The van der Waals surface area contributed by atoms with Crippen molar-refractivity contribution < 1.29 is 14.6 Å². The molecule has 1 aromatic heterocycles. The minimum Gasteiger partial charge on any atom is -0.481 e. The van der Waals surface area contributed by atoms with E-state index in [4.69, 9.17) is 9.84 Å². The number of carbonyl (C=O) groups is 1. The third-order valence-corrected chi connectivity index (χ3v) is 2.64. The minimum absolute atomic E-state index is 0.200. The maximum atomic E-state index is 10.8. The summed E-state index contributed by atoms with van der Waals surface area (Å²) in [5.74, 6) is -0.956. The molecule has 0 saturated carbocycles. The van der Waals surface area contributed by atoms with Crippen LogP contribution in [-0.4, -0.2) is 39.6 Å². The molecule has 1 aliphatic rings. The zero-order chi connectivity index (χ0) is 11.7. The number of hydrogen-bond donors (Lipinski definition) is 1. The van der Waals surface area contributed by atoms with Crippen molar-refractivity contribution in [3.8, 4) is 5.88 Å². The summed E-state index contributed by atoms with van der Waals surface area (Å²) >= 11 is 0. The Bertz CT molecular complexity index is 434. The highest BCUT2D eigenvalue weighted by Crippen LogP contribution is 2.27. The van der Waals surface area contributed by atoms with Gasteiger partial charge >= 0.3 is 5.97 Å². The summed E-state index contributed by atoms with van der Waals surface area (Å²) in [5, 5.41) is 8.86. The molecule has 1 aliphatic heterocycles. The van der Waals surface area contributed by atoms with Gasteiger partial charge in [-0.15, -0.1) is 0 Å². The van der Waals surface area contributed by atoms with E-state index in [2.05, 4.69) is 14.9 Å². The second kappa shape index (κ2) is 4.05. The molecule has 0 aliphatic carbocycles. The van der Waals surface area contributed by atoms with Crippen molar-refractivity contribution in [3.63, 3.8) is 0 Å². The number of aromatic nitrogens is 2. The van der Waals surface area contributed by atoms with Gasteiger partial charge in [0.1, 0.15) is 0 Å². The zero-order valence-corrected chi connectivity index (χ0v) is 9.23. The normalized spacial score (nSPS) is 14.9. The van der Waals surface area contributed by atoms with E-state index in [0.29, 0.717) is 12.4 Å². The van der Waals surface area contributed by atoms with Gasteiger partial charge in [-0.25, -0.2) is 9.78 Å². The van der Waals surface area contributed by atoms with Crippen molar-refractivity contribution in [3.05, 3.63) is 17.1 Å². The van der Waals surface area contributed by atoms with Crippen molar-refractivity contribution in [1.29, 1.82) is 0 Å². The molecule has 2 rings (SSSR count). The fourth-order valence-electron chi connectivity index (χ4n) is 1.78. The van der Waals surface area contributed by atoms with Gasteiger partial charge in [-0.05, 0) is 6.54 Å². The first-order valence-electron chi connectivity index (χ1n) is 5.05. The molecule has 1 N–H and O–H groups in total. The van der Waals surface area contributed by atoms with Crippen LogP contribution in [0.25, 0.3) is 0 Å². The Morgan fingerprint density at radius 1 is 1.50 bits per heavy atom. The smallest absolute Gasteiger partial charge is 0.374 e. The third-order valence-electron chi connectivity index (χ3n) is 2.64. The fourth-order valence-corrected chi connectivity index (χ4v) is 1.78. The Hall–Kier alpha value is -1.69. The van der Waals surface area contributed by atoms with E-state index in [1.165, 1.54) is 7.11 Å². The van der Waals surface area contributed by atoms with Crippen LogP contribution in [0.3, 0.4) is 0 Å². The van der Waals surface area contributed by atoms with E-state index in [1.807, 2.05) is 6.92 Å². The van der Waals surface area contributed by atoms with Crippen LogP contribution in [0.4, 0.5) is 0 Å². The summed E-state index contributed by atoms with van der Waals surface area (Å²) < 4.78 is 5.10. The maximum absolute atomic E-state index is 10.8. The van der Waals surface area contributed by atoms with Crippen LogP contribution in [0, 0.1) is 0 Å². The number of fused-ring (bicyclic) bond motifs is 1. The molecule has 86 valence electrons. The van der Waals surface area contributed by atoms with Gasteiger partial charge < -0.3 is 9.84 Å². The number of carboxylic acid groups (broad SMARTS) is 1. The highest BCUT2D eigenvalue weighted by atomic mass is 16.5. The molecular formula is C10H13N3O3. The second-order valence-corrected chi connectivity index (χ2v) is 3.59. The summed E-state index contributed by atoms with van der Waals surface area (Å²) in [6.45, 7) is 4.31. The van der Waals surface area contributed by atoms with Gasteiger partial charge in [0, 0.05) is 13.1 Å². The Labute approximate surface area is 92.9 Å². The number of hydrogen-bond acceptors (Lipinski definition) is 5. The lowest BCUT2D eigenvalue weighted by atomic mass is 10.2. The largest absolute Gasteiger partial charge is 0.481 e. The Balaban J connectivity index is 2.45. The van der Waals surface area contributed by atoms with Gasteiger partial charge in [-0.3, -0.25) is 4.90 Å². The van der Waals surface area contributed by atoms with Gasteiger partial charge in [0.25, 0.3) is 0 Å². The summed E-state index contributed by atoms with van der Waals surface area (Å²) in [6.07, 6.45) is 0. The highest BCUT2D eigenvalue weighted by Gasteiger charge is 2.26. The zero-order valence-electron chi connectivity index (χ0n) is 9.23. The maximum Gasteiger partial charge on any atom is 0.374 e. The molecule has 1 aromatic rings. The van der Waals surface area contributed by atoms with Crippen LogP contribution in [0.2, 0.25) is 0 Å². The van der Waals surface area contributed by atoms with Gasteiger partial charge in [0.05, 0.1) is 18.4 Å². The van der Waals surface area contributed by atoms with Crippen LogP contribution in [0.1, 0.15) is 28.8 Å². The Morgan fingerprint density at radius 2 is 2.25 bits per heavy atom. The average Bonchev–Trinajstić information content (AvgIpc) is 2.70. The van der Waals surface area contributed by atoms with Crippen molar-refractivity contribution in [2.45, 2.75) is 20.0 Å². The lowest BCUT2D eigenvalue weighted by Crippen LogP contribution is -2.15.